The Hall–Kier alpha value is -4.85. The van der Waals surface area contributed by atoms with Crippen molar-refractivity contribution in [2.45, 2.75) is 12.1 Å². The van der Waals surface area contributed by atoms with E-state index < -0.39 is 11.7 Å². The van der Waals surface area contributed by atoms with E-state index in [2.05, 4.69) is 15.5 Å². The predicted octanol–water partition coefficient (Wildman–Crippen LogP) is 7.28. The molecule has 0 fully saturated rings. The van der Waals surface area contributed by atoms with Crippen molar-refractivity contribution >= 4 is 22.6 Å². The van der Waals surface area contributed by atoms with Gasteiger partial charge in [0.2, 0.25) is 0 Å². The Kier molecular flexibility index (Phi) is 5.13. The second-order valence-corrected chi connectivity index (χ2v) is 9.66. The van der Waals surface area contributed by atoms with Crippen LogP contribution in [0, 0.1) is 0 Å². The van der Waals surface area contributed by atoms with Crippen LogP contribution >= 0.6 is 0 Å². The fourth-order valence-electron chi connectivity index (χ4n) is 5.47. The summed E-state index contributed by atoms with van der Waals surface area (Å²) in [6.45, 7) is 0.217. The summed E-state index contributed by atoms with van der Waals surface area (Å²) in [7, 11) is 0. The van der Waals surface area contributed by atoms with Gasteiger partial charge in [0.05, 0.1) is 28.5 Å². The molecular formula is C31H20F3N3O2. The molecule has 0 aliphatic carbocycles. The Morgan fingerprint density at radius 3 is 2.00 bits per heavy atom. The molecule has 39 heavy (non-hydrogen) atoms. The number of benzene rings is 4. The van der Waals surface area contributed by atoms with Crippen molar-refractivity contribution < 1.29 is 22.7 Å². The maximum atomic E-state index is 12.9. The van der Waals surface area contributed by atoms with Gasteiger partial charge < -0.3 is 10.1 Å². The van der Waals surface area contributed by atoms with E-state index in [1.54, 1.807) is 6.20 Å². The fourth-order valence-corrected chi connectivity index (χ4v) is 5.47. The number of nitrogens with one attached hydrogen (secondary N) is 2. The van der Waals surface area contributed by atoms with Gasteiger partial charge in [-0.25, -0.2) is 4.79 Å². The highest BCUT2D eigenvalue weighted by atomic mass is 19.4. The summed E-state index contributed by atoms with van der Waals surface area (Å²) in [5.41, 5.74) is 7.92. The van der Waals surface area contributed by atoms with Crippen molar-refractivity contribution in [2.24, 2.45) is 0 Å². The molecule has 0 bridgehead atoms. The third-order valence-electron chi connectivity index (χ3n) is 7.42. The zero-order chi connectivity index (χ0) is 26.7. The van der Waals surface area contributed by atoms with Crippen LogP contribution in [-0.4, -0.2) is 22.8 Å². The number of anilines is 1. The smallest absolute Gasteiger partial charge is 0.416 e. The van der Waals surface area contributed by atoms with E-state index in [0.717, 1.165) is 62.2 Å². The number of ether oxygens (including phenoxy) is 1. The molecule has 0 saturated carbocycles. The van der Waals surface area contributed by atoms with E-state index in [4.69, 9.17) is 4.74 Å². The van der Waals surface area contributed by atoms with Gasteiger partial charge in [-0.2, -0.15) is 18.3 Å². The topological polar surface area (TPSA) is 67.0 Å². The maximum absolute atomic E-state index is 12.9. The van der Waals surface area contributed by atoms with E-state index in [0.29, 0.717) is 11.1 Å². The lowest BCUT2D eigenvalue weighted by Crippen LogP contribution is -2.20. The van der Waals surface area contributed by atoms with Crippen LogP contribution in [0.5, 0.6) is 0 Å². The molecule has 2 aliphatic rings. The third-order valence-corrected chi connectivity index (χ3v) is 7.42. The van der Waals surface area contributed by atoms with Crippen molar-refractivity contribution in [2.75, 3.05) is 11.9 Å². The molecule has 3 heterocycles. The number of hydrogen-bond donors (Lipinski definition) is 2. The number of aromatic amines is 1. The van der Waals surface area contributed by atoms with Crippen molar-refractivity contribution in [3.63, 3.8) is 0 Å². The fraction of sp³-hybridized carbons (Fsp3) is 0.0968. The van der Waals surface area contributed by atoms with E-state index in [9.17, 15) is 18.0 Å². The Balaban J connectivity index is 1.21. The normalized spacial score (nSPS) is 16.6. The number of fused-ring (bicyclic) bond motifs is 3. The number of hydrogen-bond acceptors (Lipinski definition) is 4. The molecule has 2 N–H and O–H groups in total. The van der Waals surface area contributed by atoms with Gasteiger partial charge in [0, 0.05) is 22.6 Å². The number of carbonyl (C=O) groups is 1. The first-order valence-corrected chi connectivity index (χ1v) is 12.4. The van der Waals surface area contributed by atoms with Crippen molar-refractivity contribution in [3.8, 4) is 22.3 Å². The number of cyclic esters (lactones) is 1. The second-order valence-electron chi connectivity index (χ2n) is 9.66. The molecule has 192 valence electrons. The Morgan fingerprint density at radius 1 is 0.795 bits per heavy atom. The summed E-state index contributed by atoms with van der Waals surface area (Å²) in [5, 5.41) is 11.6. The van der Waals surface area contributed by atoms with Gasteiger partial charge in [-0.05, 0) is 52.1 Å². The highest BCUT2D eigenvalue weighted by Gasteiger charge is 2.39. The number of aromatic nitrogens is 2. The van der Waals surface area contributed by atoms with Gasteiger partial charge in [-0.3, -0.25) is 5.10 Å². The monoisotopic (exact) mass is 523 g/mol. The van der Waals surface area contributed by atoms with Gasteiger partial charge in [-0.15, -0.1) is 0 Å². The van der Waals surface area contributed by atoms with E-state index in [-0.39, 0.29) is 18.5 Å². The number of H-pyrrole nitrogens is 1. The average molecular weight is 524 g/mol. The van der Waals surface area contributed by atoms with Crippen LogP contribution in [0.3, 0.4) is 0 Å². The molecule has 1 atom stereocenters. The van der Waals surface area contributed by atoms with E-state index >= 15 is 0 Å². The molecule has 2 aliphatic heterocycles. The number of carbonyl (C=O) groups excluding carboxylic acids is 1. The Bertz CT molecular complexity index is 1770. The number of halogens is 3. The van der Waals surface area contributed by atoms with Gasteiger partial charge >= 0.3 is 12.1 Å². The van der Waals surface area contributed by atoms with Crippen LogP contribution in [0.2, 0.25) is 0 Å². The molecule has 0 spiro atoms. The van der Waals surface area contributed by atoms with Gasteiger partial charge in [0.15, 0.2) is 0 Å². The van der Waals surface area contributed by atoms with Gasteiger partial charge in [-0.1, -0.05) is 60.7 Å². The first-order chi connectivity index (χ1) is 18.9. The molecule has 8 heteroatoms. The van der Waals surface area contributed by atoms with E-state index in [1.165, 1.54) is 12.1 Å². The largest absolute Gasteiger partial charge is 0.456 e. The van der Waals surface area contributed by atoms with Crippen LogP contribution in [-0.2, 0) is 15.7 Å². The van der Waals surface area contributed by atoms with Gasteiger partial charge in [0.1, 0.15) is 6.61 Å². The highest BCUT2D eigenvalue weighted by Crippen LogP contribution is 2.47. The highest BCUT2D eigenvalue weighted by molar-refractivity contribution is 6.00. The van der Waals surface area contributed by atoms with Crippen LogP contribution in [0.25, 0.3) is 33.2 Å². The number of rotatable bonds is 3. The Morgan fingerprint density at radius 2 is 1.38 bits per heavy atom. The standard InChI is InChI=1S/C31H20F3N3O2/c32-31(33,34)23-12-9-20(10-13-23)18-3-1-17(2-4-18)19-5-7-21(8-6-19)26-27-24(14-11-22-15-35-37-29(22)27)36-25-16-39-30(38)28(25)26/h1-15,26,36H,16H2,(H,35,37). The van der Waals surface area contributed by atoms with Crippen molar-refractivity contribution in [1.82, 2.24) is 10.2 Å². The lowest BCUT2D eigenvalue weighted by atomic mass is 9.80. The number of nitrogens with zero attached hydrogens (tertiary/aromatic N) is 1. The van der Waals surface area contributed by atoms with Crippen LogP contribution < -0.4 is 5.32 Å². The summed E-state index contributed by atoms with van der Waals surface area (Å²) in [5.74, 6) is -0.640. The lowest BCUT2D eigenvalue weighted by Gasteiger charge is -2.27. The van der Waals surface area contributed by atoms with E-state index in [1.807, 2.05) is 60.7 Å². The predicted molar refractivity (Wildman–Crippen MR) is 142 cm³/mol. The molecule has 7 rings (SSSR count). The SMILES string of the molecule is O=C1OCC2=C1C(c1ccc(-c3ccc(-c4ccc(C(F)(F)F)cc4)cc3)cc1)c1c(ccc3cn[nH]c13)N2. The number of alkyl halides is 3. The molecule has 1 unspecified atom stereocenters. The molecule has 0 saturated heterocycles. The van der Waals surface area contributed by atoms with Crippen LogP contribution in [0.4, 0.5) is 18.9 Å². The van der Waals surface area contributed by atoms with Crippen LogP contribution in [0.1, 0.15) is 22.6 Å². The first-order valence-electron chi connectivity index (χ1n) is 12.4. The molecule has 1 aromatic heterocycles. The molecule has 4 aromatic carbocycles. The summed E-state index contributed by atoms with van der Waals surface area (Å²) in [4.78, 5) is 12.8. The molecule has 0 radical (unpaired) electrons. The molecule has 0 amide bonds. The summed E-state index contributed by atoms with van der Waals surface area (Å²) >= 11 is 0. The Labute approximate surface area is 220 Å². The zero-order valence-corrected chi connectivity index (χ0v) is 20.3. The number of esters is 1. The first kappa shape index (κ1) is 23.3. The third kappa shape index (κ3) is 3.87. The minimum Gasteiger partial charge on any atom is -0.456 e. The minimum absolute atomic E-state index is 0.217. The average Bonchev–Trinajstić information content (AvgIpc) is 3.58. The molecular weight excluding hydrogens is 503 g/mol. The van der Waals surface area contributed by atoms with Crippen LogP contribution in [0.15, 0.2) is 102 Å². The summed E-state index contributed by atoms with van der Waals surface area (Å²) in [6.07, 6.45) is -2.59. The maximum Gasteiger partial charge on any atom is 0.416 e. The minimum atomic E-state index is -4.36. The second kappa shape index (κ2) is 8.59. The zero-order valence-electron chi connectivity index (χ0n) is 20.3. The summed E-state index contributed by atoms with van der Waals surface area (Å²) < 4.78 is 44.0. The van der Waals surface area contributed by atoms with Gasteiger partial charge in [0.25, 0.3) is 0 Å². The van der Waals surface area contributed by atoms with Crippen molar-refractivity contribution in [3.05, 3.63) is 119 Å². The summed E-state index contributed by atoms with van der Waals surface area (Å²) in [6, 6.07) is 24.9. The quantitative estimate of drug-likeness (QED) is 0.244. The van der Waals surface area contributed by atoms with Crippen molar-refractivity contribution in [1.29, 1.82) is 0 Å². The molecule has 5 aromatic rings. The molecule has 5 nitrogen and oxygen atoms in total. The lowest BCUT2D eigenvalue weighted by molar-refractivity contribution is -0.138.